The Balaban J connectivity index is 1.38. The predicted octanol–water partition coefficient (Wildman–Crippen LogP) is 3.73. The summed E-state index contributed by atoms with van der Waals surface area (Å²) in [6.45, 7) is 8.35. The summed E-state index contributed by atoms with van der Waals surface area (Å²) in [6.07, 6.45) is 0.563. The number of methoxy groups -OCH3 is 1. The average molecular weight is 789 g/mol. The summed E-state index contributed by atoms with van der Waals surface area (Å²) in [5.41, 5.74) is -0.119. The first-order valence-corrected chi connectivity index (χ1v) is 19.9. The van der Waals surface area contributed by atoms with Gasteiger partial charge in [-0.25, -0.2) is 19.6 Å². The molecular weight excluding hydrogens is 739 g/mol. The second-order valence-corrected chi connectivity index (χ2v) is 16.2. The van der Waals surface area contributed by atoms with Crippen LogP contribution in [-0.2, 0) is 40.2 Å². The zero-order valence-electron chi connectivity index (χ0n) is 31.7. The Morgan fingerprint density at radius 1 is 1.07 bits per heavy atom. The maximum absolute atomic E-state index is 14.1. The molecule has 18 nitrogen and oxygen atoms in total. The summed E-state index contributed by atoms with van der Waals surface area (Å²) in [6, 6.07) is 9.00. The molecule has 4 heterocycles. The van der Waals surface area contributed by atoms with E-state index in [0.29, 0.717) is 30.9 Å². The van der Waals surface area contributed by atoms with E-state index in [-0.39, 0.29) is 61.9 Å². The van der Waals surface area contributed by atoms with Gasteiger partial charge in [-0.05, 0) is 12.8 Å². The third-order valence-corrected chi connectivity index (χ3v) is 10.4. The van der Waals surface area contributed by atoms with Crippen molar-refractivity contribution in [1.82, 2.24) is 25.2 Å². The van der Waals surface area contributed by atoms with Crippen LogP contribution in [0.15, 0.2) is 50.0 Å². The van der Waals surface area contributed by atoms with Crippen LogP contribution in [0, 0.1) is 0 Å². The Morgan fingerprint density at radius 2 is 1.80 bits per heavy atom. The van der Waals surface area contributed by atoms with E-state index >= 15 is 0 Å². The average Bonchev–Trinajstić information content (AvgIpc) is 3.81. The van der Waals surface area contributed by atoms with Gasteiger partial charge in [0.15, 0.2) is 17.3 Å². The lowest BCUT2D eigenvalue weighted by atomic mass is 9.92. The van der Waals surface area contributed by atoms with Gasteiger partial charge in [0.1, 0.15) is 24.2 Å². The number of hydrogen-bond donors (Lipinski definition) is 2. The summed E-state index contributed by atoms with van der Waals surface area (Å²) in [5.74, 6) is -1.68. The molecule has 2 fully saturated rings. The number of rotatable bonds is 15. The minimum atomic E-state index is -4.69. The van der Waals surface area contributed by atoms with E-state index in [1.54, 1.807) is 40.0 Å². The molecule has 3 aromatic rings. The Bertz CT molecular complexity index is 1890. The van der Waals surface area contributed by atoms with Gasteiger partial charge >= 0.3 is 19.6 Å². The van der Waals surface area contributed by atoms with Gasteiger partial charge in [-0.15, -0.1) is 5.06 Å². The van der Waals surface area contributed by atoms with Crippen LogP contribution in [0.5, 0.6) is 0 Å². The number of amides is 2. The predicted molar refractivity (Wildman–Crippen MR) is 197 cm³/mol. The van der Waals surface area contributed by atoms with Gasteiger partial charge in [0.25, 0.3) is 5.91 Å². The number of hydrogen-bond acceptors (Lipinski definition) is 15. The molecule has 2 aromatic heterocycles. The second kappa shape index (κ2) is 18.3. The fourth-order valence-corrected chi connectivity index (χ4v) is 7.18. The number of unbranched alkanes of at least 4 members (excludes halogenated alkanes) is 1. The quantitative estimate of drug-likeness (QED) is 0.127. The number of piperazine rings is 1. The largest absolute Gasteiger partial charge is 0.527 e. The van der Waals surface area contributed by atoms with Crippen molar-refractivity contribution in [3.63, 3.8) is 0 Å². The first kappa shape index (κ1) is 41.6. The number of carbonyl (C=O) groups is 3. The third kappa shape index (κ3) is 11.5. The van der Waals surface area contributed by atoms with Crippen LogP contribution in [0.25, 0.3) is 11.4 Å². The van der Waals surface area contributed by atoms with Crippen LogP contribution < -0.4 is 16.0 Å². The maximum atomic E-state index is 14.1. The Hall–Kier alpha value is -4.61. The van der Waals surface area contributed by atoms with Gasteiger partial charge in [0, 0.05) is 50.3 Å². The van der Waals surface area contributed by atoms with Gasteiger partial charge in [-0.3, -0.25) is 14.2 Å². The van der Waals surface area contributed by atoms with Crippen LogP contribution in [0.3, 0.4) is 0 Å². The fraction of sp³-hybridized carbons (Fsp3) is 0.556. The van der Waals surface area contributed by atoms with Crippen molar-refractivity contribution in [2.75, 3.05) is 64.0 Å². The summed E-state index contributed by atoms with van der Waals surface area (Å²) >= 11 is 0. The van der Waals surface area contributed by atoms with Crippen molar-refractivity contribution in [2.45, 2.75) is 71.1 Å². The summed E-state index contributed by atoms with van der Waals surface area (Å²) < 4.78 is 39.8. The fourth-order valence-electron chi connectivity index (χ4n) is 6.04. The lowest BCUT2D eigenvalue weighted by molar-refractivity contribution is -0.157. The normalized spacial score (nSPS) is 18.1. The molecule has 5 rings (SSSR count). The topological polar surface area (TPSA) is 216 Å². The molecule has 0 aliphatic carbocycles. The summed E-state index contributed by atoms with van der Waals surface area (Å²) in [5, 5.41) is 3.98. The Morgan fingerprint density at radius 3 is 2.45 bits per heavy atom. The minimum absolute atomic E-state index is 0.0276. The monoisotopic (exact) mass is 788 g/mol. The Kier molecular flexibility index (Phi) is 13.9. The van der Waals surface area contributed by atoms with E-state index < -0.39 is 55.6 Å². The second-order valence-electron chi connectivity index (χ2n) is 14.3. The van der Waals surface area contributed by atoms with Crippen molar-refractivity contribution in [2.24, 2.45) is 0 Å². The lowest BCUT2D eigenvalue weighted by Crippen LogP contribution is -2.56. The Labute approximate surface area is 318 Å². The van der Waals surface area contributed by atoms with Gasteiger partial charge in [-0.2, -0.15) is 0 Å². The maximum Gasteiger partial charge on any atom is 0.527 e. The molecule has 300 valence electrons. The molecule has 0 bridgehead atoms. The number of hydroxylamine groups is 2. The third-order valence-electron chi connectivity index (χ3n) is 8.99. The number of anilines is 1. The van der Waals surface area contributed by atoms with E-state index in [0.717, 1.165) is 12.8 Å². The summed E-state index contributed by atoms with van der Waals surface area (Å²) in [4.78, 5) is 81.0. The first-order chi connectivity index (χ1) is 26.2. The van der Waals surface area contributed by atoms with Crippen LogP contribution in [-0.4, -0.2) is 114 Å². The molecule has 0 radical (unpaired) electrons. The number of carbonyl (C=O) groups excluding carboxylic acids is 3. The van der Waals surface area contributed by atoms with Crippen molar-refractivity contribution in [3.05, 3.63) is 64.2 Å². The van der Waals surface area contributed by atoms with Gasteiger partial charge in [-0.1, -0.05) is 64.4 Å². The molecule has 1 unspecified atom stereocenters. The van der Waals surface area contributed by atoms with Crippen LogP contribution in [0.1, 0.15) is 69.0 Å². The molecular formula is C36H49N6O12P. The number of ether oxygens (including phenoxy) is 2. The lowest BCUT2D eigenvalue weighted by Gasteiger charge is -2.35. The highest BCUT2D eigenvalue weighted by atomic mass is 31.2. The van der Waals surface area contributed by atoms with E-state index in [4.69, 9.17) is 32.7 Å². The SMILES string of the molecule is CCCCOC(=O)ON1CCN(C(=O)[C@H](CP(=O)(O)OCc2oc(=O)oc2C(C)(C)C)NC(=O)c2cc(N3CC[C@H](OC)C3)nc(-c3ccccc3)n2)CC1. The zero-order chi connectivity index (χ0) is 39.8. The van der Waals surface area contributed by atoms with E-state index in [9.17, 15) is 28.6 Å². The molecule has 55 heavy (non-hydrogen) atoms. The standard InChI is InChI=1S/C36H49N6O12P/c1-6-7-19-50-34(45)54-42-17-15-40(16-18-42)33(44)27(23-55(47,48)51-22-28-30(36(2,3)4)53-35(46)52-28)38-32(43)26-20-29(41-14-13-25(21-41)49-5)39-31(37-26)24-11-9-8-10-12-24/h8-12,20,25,27H,6-7,13-19,21-23H2,1-5H3,(H,38,43)(H,47,48)/t25-,27-/m0/s1. The van der Waals surface area contributed by atoms with Gasteiger partial charge < -0.3 is 47.7 Å². The van der Waals surface area contributed by atoms with Crippen molar-refractivity contribution >= 4 is 31.4 Å². The first-order valence-electron chi connectivity index (χ1n) is 18.2. The summed E-state index contributed by atoms with van der Waals surface area (Å²) in [7, 11) is -3.05. The smallest absolute Gasteiger partial charge is 0.433 e. The zero-order valence-corrected chi connectivity index (χ0v) is 32.6. The van der Waals surface area contributed by atoms with Crippen molar-refractivity contribution < 1.29 is 51.5 Å². The molecule has 3 atom stereocenters. The molecule has 2 saturated heterocycles. The molecule has 19 heteroatoms. The number of aromatic nitrogens is 2. The number of nitrogens with zero attached hydrogens (tertiary/aromatic N) is 5. The molecule has 2 aliphatic rings. The van der Waals surface area contributed by atoms with E-state index in [1.807, 2.05) is 30.0 Å². The van der Waals surface area contributed by atoms with Crippen LogP contribution in [0.2, 0.25) is 0 Å². The van der Waals surface area contributed by atoms with Crippen LogP contribution >= 0.6 is 7.60 Å². The minimum Gasteiger partial charge on any atom is -0.433 e. The highest BCUT2D eigenvalue weighted by Gasteiger charge is 2.37. The van der Waals surface area contributed by atoms with Crippen molar-refractivity contribution in [1.29, 1.82) is 0 Å². The van der Waals surface area contributed by atoms with Gasteiger partial charge in [0.05, 0.1) is 32.0 Å². The number of benzene rings is 1. The highest BCUT2D eigenvalue weighted by Crippen LogP contribution is 2.44. The molecule has 0 spiro atoms. The van der Waals surface area contributed by atoms with Gasteiger partial charge in [0.2, 0.25) is 5.91 Å². The molecule has 2 N–H and O–H groups in total. The molecule has 2 amide bonds. The van der Waals surface area contributed by atoms with E-state index in [1.165, 1.54) is 16.0 Å². The van der Waals surface area contributed by atoms with Crippen molar-refractivity contribution in [3.8, 4) is 11.4 Å². The molecule has 1 aromatic carbocycles. The van der Waals surface area contributed by atoms with E-state index in [2.05, 4.69) is 10.3 Å². The number of nitrogens with one attached hydrogen (secondary N) is 1. The molecule has 0 saturated carbocycles. The van der Waals surface area contributed by atoms with Crippen LogP contribution in [0.4, 0.5) is 10.6 Å². The highest BCUT2D eigenvalue weighted by molar-refractivity contribution is 7.52. The molecule has 2 aliphatic heterocycles.